The summed E-state index contributed by atoms with van der Waals surface area (Å²) in [4.78, 5) is 52.5. The summed E-state index contributed by atoms with van der Waals surface area (Å²) in [7, 11) is 0. The van der Waals surface area contributed by atoms with Gasteiger partial charge in [-0.25, -0.2) is 0 Å². The molecular weight excluding hydrogens is 528 g/mol. The SMILES string of the molecule is CCC(C)C1NC(=O)c2cc(NC(=N)N)ccc2OCc2ccc(C(N)=O)cc2NC(=O)C(CCCCN)NC1=O. The molecule has 2 aromatic carbocycles. The van der Waals surface area contributed by atoms with Crippen LogP contribution in [-0.2, 0) is 16.2 Å². The van der Waals surface area contributed by atoms with Crippen molar-refractivity contribution in [2.24, 2.45) is 23.1 Å². The molecule has 1 aliphatic rings. The topological polar surface area (TPSA) is 228 Å². The molecule has 220 valence electrons. The van der Waals surface area contributed by atoms with Crippen molar-refractivity contribution in [3.63, 3.8) is 0 Å². The number of carbonyl (C=O) groups is 4. The first-order chi connectivity index (χ1) is 19.5. The number of guanidine groups is 1. The van der Waals surface area contributed by atoms with Crippen molar-refractivity contribution in [1.82, 2.24) is 10.6 Å². The molecule has 0 saturated carbocycles. The van der Waals surface area contributed by atoms with E-state index in [0.29, 0.717) is 43.5 Å². The lowest BCUT2D eigenvalue weighted by molar-refractivity contribution is -0.128. The second-order valence-electron chi connectivity index (χ2n) is 9.95. The molecule has 1 heterocycles. The number of nitrogens with two attached hydrogens (primary N) is 3. The maximum absolute atomic E-state index is 13.6. The lowest BCUT2D eigenvalue weighted by Gasteiger charge is -2.27. The minimum absolute atomic E-state index is 0.0760. The van der Waals surface area contributed by atoms with Crippen molar-refractivity contribution < 1.29 is 23.9 Å². The van der Waals surface area contributed by atoms with Crippen molar-refractivity contribution in [2.45, 2.75) is 58.2 Å². The number of fused-ring (bicyclic) bond motifs is 2. The van der Waals surface area contributed by atoms with Gasteiger partial charge in [0.2, 0.25) is 17.7 Å². The normalized spacial score (nSPS) is 18.3. The predicted molar refractivity (Wildman–Crippen MR) is 155 cm³/mol. The molecule has 0 spiro atoms. The fourth-order valence-corrected chi connectivity index (χ4v) is 4.36. The first-order valence-electron chi connectivity index (χ1n) is 13.5. The summed E-state index contributed by atoms with van der Waals surface area (Å²) in [5.74, 6) is -2.69. The highest BCUT2D eigenvalue weighted by atomic mass is 16.5. The summed E-state index contributed by atoms with van der Waals surface area (Å²) in [6, 6.07) is 7.22. The maximum Gasteiger partial charge on any atom is 0.255 e. The highest BCUT2D eigenvalue weighted by molar-refractivity contribution is 6.03. The Morgan fingerprint density at radius 1 is 1.10 bits per heavy atom. The van der Waals surface area contributed by atoms with Crippen LogP contribution in [0.25, 0.3) is 0 Å². The molecule has 0 fully saturated rings. The van der Waals surface area contributed by atoms with E-state index in [4.69, 9.17) is 27.3 Å². The minimum atomic E-state index is -0.966. The molecule has 1 aliphatic heterocycles. The van der Waals surface area contributed by atoms with Crippen LogP contribution in [0.15, 0.2) is 36.4 Å². The molecule has 11 N–H and O–H groups in total. The van der Waals surface area contributed by atoms with E-state index in [1.807, 2.05) is 13.8 Å². The van der Waals surface area contributed by atoms with Crippen LogP contribution in [0.2, 0.25) is 0 Å². The Morgan fingerprint density at radius 2 is 1.85 bits per heavy atom. The van der Waals surface area contributed by atoms with Gasteiger partial charge in [-0.1, -0.05) is 26.3 Å². The molecule has 0 radical (unpaired) electrons. The van der Waals surface area contributed by atoms with Gasteiger partial charge in [-0.05, 0) is 62.1 Å². The number of hydrogen-bond acceptors (Lipinski definition) is 7. The first-order valence-corrected chi connectivity index (χ1v) is 13.5. The molecule has 3 atom stereocenters. The number of nitrogens with one attached hydrogen (secondary N) is 5. The third kappa shape index (κ3) is 8.18. The molecule has 0 aliphatic carbocycles. The van der Waals surface area contributed by atoms with Gasteiger partial charge in [0.25, 0.3) is 5.91 Å². The number of benzene rings is 2. The van der Waals surface area contributed by atoms with Crippen LogP contribution >= 0.6 is 0 Å². The van der Waals surface area contributed by atoms with Gasteiger partial charge in [-0.2, -0.15) is 0 Å². The average Bonchev–Trinajstić information content (AvgIpc) is 2.93. The summed E-state index contributed by atoms with van der Waals surface area (Å²) in [6.45, 7) is 4.06. The lowest BCUT2D eigenvalue weighted by atomic mass is 9.96. The Bertz CT molecular complexity index is 1310. The predicted octanol–water partition coefficient (Wildman–Crippen LogP) is 1.38. The zero-order chi connectivity index (χ0) is 30.1. The monoisotopic (exact) mass is 566 g/mol. The number of rotatable bonds is 8. The van der Waals surface area contributed by atoms with Crippen molar-refractivity contribution >= 4 is 41.0 Å². The quantitative estimate of drug-likeness (QED) is 0.132. The van der Waals surface area contributed by atoms with E-state index in [1.165, 1.54) is 24.3 Å². The number of anilines is 2. The zero-order valence-electron chi connectivity index (χ0n) is 23.2. The van der Waals surface area contributed by atoms with Gasteiger partial charge in [0.15, 0.2) is 5.96 Å². The Balaban J connectivity index is 2.12. The fourth-order valence-electron chi connectivity index (χ4n) is 4.36. The maximum atomic E-state index is 13.6. The Kier molecular flexibility index (Phi) is 10.6. The Labute approximate surface area is 238 Å². The number of unbranched alkanes of at least 4 members (excludes halogenated alkanes) is 1. The van der Waals surface area contributed by atoms with Crippen LogP contribution < -0.4 is 43.2 Å². The van der Waals surface area contributed by atoms with Gasteiger partial charge in [0.05, 0.1) is 5.56 Å². The molecule has 3 rings (SSSR count). The number of amides is 4. The molecule has 0 bridgehead atoms. The Morgan fingerprint density at radius 3 is 2.51 bits per heavy atom. The third-order valence-electron chi connectivity index (χ3n) is 6.90. The van der Waals surface area contributed by atoms with Crippen molar-refractivity contribution in [1.29, 1.82) is 5.41 Å². The van der Waals surface area contributed by atoms with Gasteiger partial charge < -0.3 is 43.2 Å². The van der Waals surface area contributed by atoms with E-state index in [9.17, 15) is 19.2 Å². The summed E-state index contributed by atoms with van der Waals surface area (Å²) in [5.41, 5.74) is 18.0. The van der Waals surface area contributed by atoms with E-state index < -0.39 is 35.7 Å². The van der Waals surface area contributed by atoms with Crippen LogP contribution in [0.1, 0.15) is 65.8 Å². The van der Waals surface area contributed by atoms with Crippen LogP contribution in [-0.4, -0.2) is 48.2 Å². The van der Waals surface area contributed by atoms with E-state index in [-0.39, 0.29) is 41.0 Å². The highest BCUT2D eigenvalue weighted by Crippen LogP contribution is 2.27. The van der Waals surface area contributed by atoms with Gasteiger partial charge in [-0.3, -0.25) is 24.6 Å². The van der Waals surface area contributed by atoms with Gasteiger partial charge in [-0.15, -0.1) is 0 Å². The van der Waals surface area contributed by atoms with Crippen LogP contribution in [0, 0.1) is 11.3 Å². The standard InChI is InChI=1S/C28H38N8O5/c1-3-15(2)23-27(40)34-20(6-4-5-11-29)26(39)35-21-12-16(24(30)37)7-8-17(21)14-41-22-10-9-18(33-28(31)32)13-19(22)25(38)36-23/h7-10,12-13,15,20,23H,3-6,11,14,29H2,1-2H3,(H2,30,37)(H,34,40)(H,35,39)(H,36,38)(H4,31,32,33). The largest absolute Gasteiger partial charge is 0.488 e. The fraction of sp³-hybridized carbons (Fsp3) is 0.393. The lowest BCUT2D eigenvalue weighted by Crippen LogP contribution is -2.55. The summed E-state index contributed by atoms with van der Waals surface area (Å²) >= 11 is 0. The second-order valence-corrected chi connectivity index (χ2v) is 9.95. The molecule has 41 heavy (non-hydrogen) atoms. The van der Waals surface area contributed by atoms with Gasteiger partial charge in [0.1, 0.15) is 24.4 Å². The molecular formula is C28H38N8O5. The number of ether oxygens (including phenoxy) is 1. The summed E-state index contributed by atoms with van der Waals surface area (Å²) in [5, 5.41) is 18.6. The van der Waals surface area contributed by atoms with Crippen LogP contribution in [0.4, 0.5) is 11.4 Å². The number of carbonyl (C=O) groups excluding carboxylic acids is 4. The van der Waals surface area contributed by atoms with Crippen molar-refractivity contribution in [3.8, 4) is 5.75 Å². The molecule has 0 aromatic heterocycles. The van der Waals surface area contributed by atoms with Crippen molar-refractivity contribution in [2.75, 3.05) is 17.2 Å². The molecule has 0 saturated heterocycles. The molecule has 4 amide bonds. The smallest absolute Gasteiger partial charge is 0.255 e. The van der Waals surface area contributed by atoms with E-state index in [1.54, 1.807) is 12.1 Å². The zero-order valence-corrected chi connectivity index (χ0v) is 23.2. The highest BCUT2D eigenvalue weighted by Gasteiger charge is 2.31. The van der Waals surface area contributed by atoms with Crippen molar-refractivity contribution in [3.05, 3.63) is 53.1 Å². The molecule has 13 heteroatoms. The van der Waals surface area contributed by atoms with Crippen LogP contribution in [0.3, 0.4) is 0 Å². The minimum Gasteiger partial charge on any atom is -0.488 e. The van der Waals surface area contributed by atoms with Gasteiger partial charge >= 0.3 is 0 Å². The first kappa shape index (κ1) is 30.9. The van der Waals surface area contributed by atoms with E-state index in [0.717, 1.165) is 0 Å². The number of primary amides is 1. The van der Waals surface area contributed by atoms with E-state index >= 15 is 0 Å². The Hall–Kier alpha value is -4.65. The van der Waals surface area contributed by atoms with Gasteiger partial charge in [0, 0.05) is 22.5 Å². The average molecular weight is 567 g/mol. The summed E-state index contributed by atoms with van der Waals surface area (Å²) in [6.07, 6.45) is 2.10. The molecule has 2 aromatic rings. The van der Waals surface area contributed by atoms with E-state index in [2.05, 4.69) is 21.3 Å². The number of hydrogen-bond donors (Lipinski definition) is 8. The van der Waals surface area contributed by atoms with Crippen LogP contribution in [0.5, 0.6) is 5.75 Å². The second kappa shape index (κ2) is 14.1. The summed E-state index contributed by atoms with van der Waals surface area (Å²) < 4.78 is 6.02. The third-order valence-corrected chi connectivity index (χ3v) is 6.90. The molecule has 3 unspecified atom stereocenters. The molecule has 13 nitrogen and oxygen atoms in total.